The Morgan fingerprint density at radius 2 is 2.00 bits per heavy atom. The van der Waals surface area contributed by atoms with Crippen molar-refractivity contribution in [1.82, 2.24) is 0 Å². The summed E-state index contributed by atoms with van der Waals surface area (Å²) in [6, 6.07) is 0. The minimum absolute atomic E-state index is 0.253. The lowest BCUT2D eigenvalue weighted by atomic mass is 9.67. The fraction of sp³-hybridized carbons (Fsp3) is 0.714. The molecule has 4 atom stereocenters. The van der Waals surface area contributed by atoms with Gasteiger partial charge in [0.1, 0.15) is 0 Å². The Morgan fingerprint density at radius 3 is 2.40 bits per heavy atom. The SMILES string of the molecule is C=C(C)C1C2C=CC(C)(C1CCl)C2(C)C. The average molecular weight is 225 g/mol. The molecule has 0 aromatic rings. The molecule has 2 rings (SSSR count). The molecule has 0 saturated heterocycles. The highest BCUT2D eigenvalue weighted by molar-refractivity contribution is 6.18. The third kappa shape index (κ3) is 1.15. The molecule has 0 amide bonds. The largest absolute Gasteiger partial charge is 0.126 e. The van der Waals surface area contributed by atoms with E-state index in [2.05, 4.69) is 46.4 Å². The van der Waals surface area contributed by atoms with E-state index in [1.165, 1.54) is 5.57 Å². The highest BCUT2D eigenvalue weighted by atomic mass is 35.5. The molecule has 0 heterocycles. The molecular formula is C14H21Cl. The van der Waals surface area contributed by atoms with Crippen LogP contribution in [0.3, 0.4) is 0 Å². The van der Waals surface area contributed by atoms with Crippen LogP contribution in [0, 0.1) is 28.6 Å². The van der Waals surface area contributed by atoms with Gasteiger partial charge >= 0.3 is 0 Å². The second-order valence-electron chi connectivity index (χ2n) is 6.02. The first-order valence-corrected chi connectivity index (χ1v) is 6.30. The lowest BCUT2D eigenvalue weighted by Crippen LogP contribution is -2.33. The maximum Gasteiger partial charge on any atom is 0.0266 e. The van der Waals surface area contributed by atoms with E-state index in [4.69, 9.17) is 11.6 Å². The molecule has 2 bridgehead atoms. The van der Waals surface area contributed by atoms with Crippen LogP contribution in [0.25, 0.3) is 0 Å². The lowest BCUT2D eigenvalue weighted by molar-refractivity contribution is 0.151. The first-order valence-electron chi connectivity index (χ1n) is 5.77. The van der Waals surface area contributed by atoms with Crippen LogP contribution in [0.1, 0.15) is 27.7 Å². The van der Waals surface area contributed by atoms with E-state index < -0.39 is 0 Å². The normalized spacial score (nSPS) is 46.1. The molecule has 84 valence electrons. The summed E-state index contributed by atoms with van der Waals surface area (Å²) in [7, 11) is 0. The van der Waals surface area contributed by atoms with Gasteiger partial charge in [-0.1, -0.05) is 45.1 Å². The molecule has 0 aliphatic heterocycles. The van der Waals surface area contributed by atoms with Gasteiger partial charge in [0.25, 0.3) is 0 Å². The van der Waals surface area contributed by atoms with Gasteiger partial charge in [-0.05, 0) is 35.5 Å². The van der Waals surface area contributed by atoms with Crippen molar-refractivity contribution in [1.29, 1.82) is 0 Å². The minimum atomic E-state index is 0.253. The molecule has 15 heavy (non-hydrogen) atoms. The van der Waals surface area contributed by atoms with Crippen LogP contribution in [0.15, 0.2) is 24.3 Å². The third-order valence-corrected chi connectivity index (χ3v) is 5.53. The minimum Gasteiger partial charge on any atom is -0.126 e. The number of halogens is 1. The standard InChI is InChI=1S/C14H21Cl/c1-9(2)12-10-6-7-14(5,11(12)8-15)13(10,3)4/h6-7,10-12H,1,8H2,2-5H3. The average Bonchev–Trinajstić information content (AvgIpc) is 2.46. The monoisotopic (exact) mass is 224 g/mol. The summed E-state index contributed by atoms with van der Waals surface area (Å²) in [5.74, 6) is 2.51. The lowest BCUT2D eigenvalue weighted by Gasteiger charge is -2.38. The molecular weight excluding hydrogens is 204 g/mol. The summed E-state index contributed by atoms with van der Waals surface area (Å²) >= 11 is 6.18. The Hall–Kier alpha value is -0.230. The van der Waals surface area contributed by atoms with Crippen molar-refractivity contribution in [2.75, 3.05) is 5.88 Å². The molecule has 0 radical (unpaired) electrons. The smallest absolute Gasteiger partial charge is 0.0266 e. The van der Waals surface area contributed by atoms with Crippen molar-refractivity contribution < 1.29 is 0 Å². The van der Waals surface area contributed by atoms with Crippen LogP contribution < -0.4 is 0 Å². The van der Waals surface area contributed by atoms with Crippen molar-refractivity contribution in [3.05, 3.63) is 24.3 Å². The number of fused-ring (bicyclic) bond motifs is 2. The Bertz CT molecular complexity index is 326. The molecule has 0 spiro atoms. The fourth-order valence-electron chi connectivity index (χ4n) is 3.82. The van der Waals surface area contributed by atoms with Gasteiger partial charge in [0.05, 0.1) is 0 Å². The van der Waals surface area contributed by atoms with Crippen molar-refractivity contribution in [3.63, 3.8) is 0 Å². The zero-order chi connectivity index (χ0) is 11.4. The van der Waals surface area contributed by atoms with Gasteiger partial charge in [0, 0.05) is 5.88 Å². The molecule has 0 N–H and O–H groups in total. The quantitative estimate of drug-likeness (QED) is 0.486. The van der Waals surface area contributed by atoms with Crippen molar-refractivity contribution in [2.45, 2.75) is 27.7 Å². The highest BCUT2D eigenvalue weighted by Crippen LogP contribution is 2.68. The van der Waals surface area contributed by atoms with Crippen molar-refractivity contribution in [3.8, 4) is 0 Å². The van der Waals surface area contributed by atoms with Crippen LogP contribution in [0.4, 0.5) is 0 Å². The molecule has 0 aromatic heterocycles. The summed E-state index contributed by atoms with van der Waals surface area (Å²) in [5.41, 5.74) is 1.88. The second-order valence-corrected chi connectivity index (χ2v) is 6.33. The number of rotatable bonds is 2. The van der Waals surface area contributed by atoms with Crippen LogP contribution in [0.2, 0.25) is 0 Å². The number of allylic oxidation sites excluding steroid dienone is 3. The molecule has 1 heteroatoms. The summed E-state index contributed by atoms with van der Waals surface area (Å²) in [5, 5.41) is 0. The Morgan fingerprint density at radius 1 is 1.40 bits per heavy atom. The molecule has 2 aliphatic carbocycles. The van der Waals surface area contributed by atoms with Gasteiger partial charge in [-0.3, -0.25) is 0 Å². The van der Waals surface area contributed by atoms with Gasteiger partial charge in [-0.25, -0.2) is 0 Å². The molecule has 4 unspecified atom stereocenters. The van der Waals surface area contributed by atoms with E-state index in [9.17, 15) is 0 Å². The van der Waals surface area contributed by atoms with Crippen LogP contribution >= 0.6 is 11.6 Å². The molecule has 2 aliphatic rings. The van der Waals surface area contributed by atoms with E-state index in [-0.39, 0.29) is 5.41 Å². The Kier molecular flexibility index (Phi) is 2.35. The summed E-state index contributed by atoms with van der Waals surface area (Å²) in [6.07, 6.45) is 4.78. The second kappa shape index (κ2) is 3.13. The number of hydrogen-bond acceptors (Lipinski definition) is 0. The topological polar surface area (TPSA) is 0 Å². The van der Waals surface area contributed by atoms with Crippen LogP contribution in [-0.2, 0) is 0 Å². The zero-order valence-corrected chi connectivity index (χ0v) is 10.9. The summed E-state index contributed by atoms with van der Waals surface area (Å²) < 4.78 is 0. The molecule has 0 nitrogen and oxygen atoms in total. The highest BCUT2D eigenvalue weighted by Gasteiger charge is 2.62. The molecule has 0 aromatic carbocycles. The van der Waals surface area contributed by atoms with Crippen LogP contribution in [-0.4, -0.2) is 5.88 Å². The first kappa shape index (κ1) is 11.3. The van der Waals surface area contributed by atoms with Gasteiger partial charge in [-0.2, -0.15) is 0 Å². The number of alkyl halides is 1. The zero-order valence-electron chi connectivity index (χ0n) is 10.2. The van der Waals surface area contributed by atoms with Crippen molar-refractivity contribution in [2.24, 2.45) is 28.6 Å². The Balaban J connectivity index is 2.49. The number of hydrogen-bond donors (Lipinski definition) is 0. The third-order valence-electron chi connectivity index (χ3n) is 5.20. The van der Waals surface area contributed by atoms with E-state index in [1.807, 2.05) is 0 Å². The maximum absolute atomic E-state index is 6.18. The van der Waals surface area contributed by atoms with E-state index in [0.717, 1.165) is 5.88 Å². The maximum atomic E-state index is 6.18. The Labute approximate surface area is 98.4 Å². The van der Waals surface area contributed by atoms with Crippen molar-refractivity contribution >= 4 is 11.6 Å². The van der Waals surface area contributed by atoms with Crippen LogP contribution in [0.5, 0.6) is 0 Å². The summed E-state index contributed by atoms with van der Waals surface area (Å²) in [6.45, 7) is 13.4. The molecule has 1 saturated carbocycles. The van der Waals surface area contributed by atoms with Gasteiger partial charge in [-0.15, -0.1) is 11.6 Å². The van der Waals surface area contributed by atoms with Gasteiger partial charge in [0.15, 0.2) is 0 Å². The van der Waals surface area contributed by atoms with Gasteiger partial charge in [0.2, 0.25) is 0 Å². The predicted molar refractivity (Wildman–Crippen MR) is 67.0 cm³/mol. The van der Waals surface area contributed by atoms with E-state index in [0.29, 0.717) is 23.2 Å². The summed E-state index contributed by atoms with van der Waals surface area (Å²) in [4.78, 5) is 0. The van der Waals surface area contributed by atoms with E-state index >= 15 is 0 Å². The molecule has 1 fully saturated rings. The predicted octanol–water partition coefficient (Wildman–Crippen LogP) is 4.27. The fourth-order valence-corrected chi connectivity index (χ4v) is 4.33. The first-order chi connectivity index (χ1) is 6.86. The van der Waals surface area contributed by atoms with Gasteiger partial charge < -0.3 is 0 Å². The van der Waals surface area contributed by atoms with E-state index in [1.54, 1.807) is 0 Å².